The third-order valence-corrected chi connectivity index (χ3v) is 4.40. The van der Waals surface area contributed by atoms with E-state index in [4.69, 9.17) is 0 Å². The number of pyridine rings is 1. The Morgan fingerprint density at radius 1 is 1.28 bits per heavy atom. The number of ether oxygens (including phenoxy) is 1. The predicted octanol–water partition coefficient (Wildman–Crippen LogP) is 3.43. The number of halogens is 2. The standard InChI is InChI=1S/C15H17FN4O2.C5H4FN/c1-22-14(21)11-2-3-20(9-11)13-7-18-15(19-8-13)17-6-10-4-12(16)5-10;6-5-2-1-3-7-4-5/h2-3,7-10,12H,4-6H2,1H3,(H,17,18,19);1-4H. The van der Waals surface area contributed by atoms with Gasteiger partial charge in [-0.2, -0.15) is 0 Å². The molecular weight excluding hydrogens is 380 g/mol. The topological polar surface area (TPSA) is 81.9 Å². The maximum absolute atomic E-state index is 12.7. The first-order valence-corrected chi connectivity index (χ1v) is 9.07. The Hall–Kier alpha value is -3.36. The van der Waals surface area contributed by atoms with Gasteiger partial charge in [-0.15, -0.1) is 0 Å². The van der Waals surface area contributed by atoms with E-state index in [1.807, 2.05) is 0 Å². The van der Waals surface area contributed by atoms with E-state index >= 15 is 0 Å². The van der Waals surface area contributed by atoms with Crippen molar-refractivity contribution in [3.63, 3.8) is 0 Å². The average molecular weight is 401 g/mol. The Bertz CT molecular complexity index is 912. The third-order valence-electron chi connectivity index (χ3n) is 4.40. The van der Waals surface area contributed by atoms with E-state index in [2.05, 4.69) is 25.0 Å². The minimum atomic E-state index is -0.646. The lowest BCUT2D eigenvalue weighted by molar-refractivity contribution is 0.0601. The van der Waals surface area contributed by atoms with Crippen molar-refractivity contribution in [2.24, 2.45) is 5.92 Å². The number of aromatic nitrogens is 4. The van der Waals surface area contributed by atoms with Crippen LogP contribution in [0, 0.1) is 11.7 Å². The molecule has 0 atom stereocenters. The number of hydrogen-bond donors (Lipinski definition) is 1. The third kappa shape index (κ3) is 5.81. The molecule has 0 bridgehead atoms. The van der Waals surface area contributed by atoms with Gasteiger partial charge in [-0.1, -0.05) is 0 Å². The summed E-state index contributed by atoms with van der Waals surface area (Å²) >= 11 is 0. The van der Waals surface area contributed by atoms with Gasteiger partial charge in [0.1, 0.15) is 12.0 Å². The van der Waals surface area contributed by atoms with Gasteiger partial charge in [0, 0.05) is 25.1 Å². The van der Waals surface area contributed by atoms with Crippen LogP contribution in [0.2, 0.25) is 0 Å². The molecule has 1 saturated carbocycles. The summed E-state index contributed by atoms with van der Waals surface area (Å²) in [5.41, 5.74) is 1.21. The number of rotatable bonds is 5. The molecule has 0 radical (unpaired) electrons. The van der Waals surface area contributed by atoms with Crippen molar-refractivity contribution in [1.82, 2.24) is 19.5 Å². The van der Waals surface area contributed by atoms with Crippen molar-refractivity contribution in [1.29, 1.82) is 0 Å². The molecule has 0 saturated heterocycles. The highest BCUT2D eigenvalue weighted by Crippen LogP contribution is 2.29. The molecule has 9 heteroatoms. The van der Waals surface area contributed by atoms with Crippen LogP contribution in [0.5, 0.6) is 0 Å². The Labute approximate surface area is 166 Å². The number of hydrogen-bond acceptors (Lipinski definition) is 6. The van der Waals surface area contributed by atoms with Gasteiger partial charge in [0.2, 0.25) is 5.95 Å². The highest BCUT2D eigenvalue weighted by molar-refractivity contribution is 5.89. The molecule has 29 heavy (non-hydrogen) atoms. The van der Waals surface area contributed by atoms with Gasteiger partial charge in [0.15, 0.2) is 0 Å². The molecule has 1 fully saturated rings. The van der Waals surface area contributed by atoms with Crippen LogP contribution in [-0.4, -0.2) is 45.3 Å². The Morgan fingerprint density at radius 3 is 2.59 bits per heavy atom. The summed E-state index contributed by atoms with van der Waals surface area (Å²) in [4.78, 5) is 23.4. The molecule has 3 heterocycles. The zero-order valence-corrected chi connectivity index (χ0v) is 15.8. The highest BCUT2D eigenvalue weighted by atomic mass is 19.1. The largest absolute Gasteiger partial charge is 0.465 e. The van der Waals surface area contributed by atoms with Gasteiger partial charge >= 0.3 is 5.97 Å². The van der Waals surface area contributed by atoms with E-state index in [1.165, 1.54) is 25.6 Å². The van der Waals surface area contributed by atoms with Crippen LogP contribution in [0.15, 0.2) is 55.4 Å². The Morgan fingerprint density at radius 2 is 2.03 bits per heavy atom. The number of anilines is 1. The minimum absolute atomic E-state index is 0.289. The molecule has 3 aromatic heterocycles. The minimum Gasteiger partial charge on any atom is -0.465 e. The van der Waals surface area contributed by atoms with E-state index in [0.29, 0.717) is 36.8 Å². The molecular formula is C20H21F2N5O2. The van der Waals surface area contributed by atoms with Crippen LogP contribution in [0.1, 0.15) is 23.2 Å². The van der Waals surface area contributed by atoms with Gasteiger partial charge in [0.25, 0.3) is 0 Å². The van der Waals surface area contributed by atoms with Crippen molar-refractivity contribution in [3.05, 3.63) is 66.8 Å². The Balaban J connectivity index is 0.000000290. The molecule has 4 rings (SSSR count). The lowest BCUT2D eigenvalue weighted by Crippen LogP contribution is -2.30. The van der Waals surface area contributed by atoms with Crippen LogP contribution in [0.4, 0.5) is 14.7 Å². The molecule has 152 valence electrons. The van der Waals surface area contributed by atoms with Crippen molar-refractivity contribution in [2.75, 3.05) is 19.0 Å². The van der Waals surface area contributed by atoms with E-state index in [1.54, 1.807) is 41.5 Å². The Kier molecular flexibility index (Phi) is 6.83. The van der Waals surface area contributed by atoms with Crippen molar-refractivity contribution in [2.45, 2.75) is 19.0 Å². The van der Waals surface area contributed by atoms with Crippen molar-refractivity contribution < 1.29 is 18.3 Å². The van der Waals surface area contributed by atoms with Crippen molar-refractivity contribution >= 4 is 11.9 Å². The summed E-state index contributed by atoms with van der Waals surface area (Å²) in [5.74, 6) is 0.212. The molecule has 1 aliphatic rings. The monoisotopic (exact) mass is 401 g/mol. The normalized spacial score (nSPS) is 17.5. The molecule has 0 amide bonds. The van der Waals surface area contributed by atoms with Crippen LogP contribution >= 0.6 is 0 Å². The number of methoxy groups -OCH3 is 1. The predicted molar refractivity (Wildman–Crippen MR) is 103 cm³/mol. The molecule has 0 unspecified atom stereocenters. The number of nitrogens with zero attached hydrogens (tertiary/aromatic N) is 4. The number of esters is 1. The maximum atomic E-state index is 12.7. The van der Waals surface area contributed by atoms with Gasteiger partial charge in [-0.05, 0) is 37.0 Å². The van der Waals surface area contributed by atoms with Crippen LogP contribution in [0.3, 0.4) is 0 Å². The first-order valence-electron chi connectivity index (χ1n) is 9.07. The fourth-order valence-electron chi connectivity index (χ4n) is 2.74. The van der Waals surface area contributed by atoms with Crippen LogP contribution < -0.4 is 5.32 Å². The maximum Gasteiger partial charge on any atom is 0.339 e. The summed E-state index contributed by atoms with van der Waals surface area (Å²) in [6, 6.07) is 4.57. The number of alkyl halides is 1. The lowest BCUT2D eigenvalue weighted by atomic mass is 9.83. The van der Waals surface area contributed by atoms with Gasteiger partial charge in [-0.3, -0.25) is 4.98 Å². The van der Waals surface area contributed by atoms with Crippen molar-refractivity contribution in [3.8, 4) is 5.69 Å². The zero-order valence-electron chi connectivity index (χ0n) is 15.8. The van der Waals surface area contributed by atoms with Gasteiger partial charge in [-0.25, -0.2) is 23.5 Å². The molecule has 1 aliphatic carbocycles. The van der Waals surface area contributed by atoms with E-state index in [9.17, 15) is 13.6 Å². The molecule has 7 nitrogen and oxygen atoms in total. The summed E-state index contributed by atoms with van der Waals surface area (Å²) in [5, 5.41) is 3.11. The summed E-state index contributed by atoms with van der Waals surface area (Å²) < 4.78 is 31.0. The van der Waals surface area contributed by atoms with E-state index in [0.717, 1.165) is 5.69 Å². The zero-order chi connectivity index (χ0) is 20.6. The summed E-state index contributed by atoms with van der Waals surface area (Å²) in [6.45, 7) is 0.690. The van der Waals surface area contributed by atoms with Gasteiger partial charge < -0.3 is 14.6 Å². The summed E-state index contributed by atoms with van der Waals surface area (Å²) in [7, 11) is 1.34. The van der Waals surface area contributed by atoms with E-state index < -0.39 is 6.17 Å². The second kappa shape index (κ2) is 9.72. The van der Waals surface area contributed by atoms with E-state index in [-0.39, 0.29) is 11.8 Å². The first kappa shape index (κ1) is 20.4. The van der Waals surface area contributed by atoms with Crippen LogP contribution in [-0.2, 0) is 4.74 Å². The number of nitrogens with one attached hydrogen (secondary N) is 1. The van der Waals surface area contributed by atoms with Crippen LogP contribution in [0.25, 0.3) is 5.69 Å². The fourth-order valence-corrected chi connectivity index (χ4v) is 2.74. The molecule has 3 aromatic rings. The summed E-state index contributed by atoms with van der Waals surface area (Å²) in [6.07, 6.45) is 10.0. The van der Waals surface area contributed by atoms with Gasteiger partial charge in [0.05, 0.1) is 37.0 Å². The lowest BCUT2D eigenvalue weighted by Gasteiger charge is -2.29. The second-order valence-corrected chi connectivity index (χ2v) is 6.55. The molecule has 0 spiro atoms. The highest BCUT2D eigenvalue weighted by Gasteiger charge is 2.28. The molecule has 0 aromatic carbocycles. The second-order valence-electron chi connectivity index (χ2n) is 6.55. The number of carbonyl (C=O) groups excluding carboxylic acids is 1. The number of carbonyl (C=O) groups is 1. The fraction of sp³-hybridized carbons (Fsp3) is 0.300. The average Bonchev–Trinajstić information content (AvgIpc) is 3.21. The SMILES string of the molecule is COC(=O)c1ccn(-c2cnc(NCC3CC(F)C3)nc2)c1.Fc1cccnc1. The molecule has 0 aliphatic heterocycles. The quantitative estimate of drug-likeness (QED) is 0.660. The smallest absolute Gasteiger partial charge is 0.339 e. The molecule has 1 N–H and O–H groups in total. The first-order chi connectivity index (χ1) is 14.0.